The van der Waals surface area contributed by atoms with Crippen molar-refractivity contribution in [1.29, 1.82) is 0 Å². The second kappa shape index (κ2) is 4.94. The molecule has 3 heterocycles. The highest BCUT2D eigenvalue weighted by Gasteiger charge is 2.36. The fourth-order valence-corrected chi connectivity index (χ4v) is 3.39. The van der Waals surface area contributed by atoms with E-state index in [0.717, 1.165) is 51.9 Å². The van der Waals surface area contributed by atoms with Crippen LogP contribution in [-0.2, 0) is 9.53 Å². The van der Waals surface area contributed by atoms with E-state index < -0.39 is 0 Å². The Morgan fingerprint density at radius 3 is 3.00 bits per heavy atom. The molecule has 96 valence electrons. The average molecular weight is 238 g/mol. The molecule has 17 heavy (non-hydrogen) atoms. The summed E-state index contributed by atoms with van der Waals surface area (Å²) in [5, 5.41) is 3.53. The molecule has 4 heteroatoms. The molecule has 0 aliphatic carbocycles. The van der Waals surface area contributed by atoms with Gasteiger partial charge in [-0.05, 0) is 44.6 Å². The van der Waals surface area contributed by atoms with E-state index in [-0.39, 0.29) is 12.0 Å². The molecule has 1 amide bonds. The maximum atomic E-state index is 12.3. The number of hydrogen-bond acceptors (Lipinski definition) is 3. The molecule has 0 aromatic rings. The smallest absolute Gasteiger partial charge is 0.251 e. The molecule has 3 rings (SSSR count). The predicted octanol–water partition coefficient (Wildman–Crippen LogP) is 0.766. The molecular formula is C13H22N2O2. The summed E-state index contributed by atoms with van der Waals surface area (Å²) in [7, 11) is 0. The van der Waals surface area contributed by atoms with Gasteiger partial charge in [-0.3, -0.25) is 4.79 Å². The van der Waals surface area contributed by atoms with Crippen LogP contribution in [0.1, 0.15) is 32.1 Å². The van der Waals surface area contributed by atoms with Crippen molar-refractivity contribution in [2.45, 2.75) is 44.2 Å². The quantitative estimate of drug-likeness (QED) is 0.733. The number of nitrogens with one attached hydrogen (secondary N) is 1. The SMILES string of the molecule is O=C(C1CCCCO1)N1CCC2NCCC2C1. The number of nitrogens with zero attached hydrogens (tertiary/aromatic N) is 1. The van der Waals surface area contributed by atoms with Crippen molar-refractivity contribution in [2.24, 2.45) is 5.92 Å². The Labute approximate surface area is 103 Å². The zero-order valence-corrected chi connectivity index (χ0v) is 10.4. The Morgan fingerprint density at radius 2 is 2.18 bits per heavy atom. The lowest BCUT2D eigenvalue weighted by Crippen LogP contribution is -2.50. The van der Waals surface area contributed by atoms with Crippen molar-refractivity contribution in [3.63, 3.8) is 0 Å². The van der Waals surface area contributed by atoms with Crippen LogP contribution < -0.4 is 5.32 Å². The average Bonchev–Trinajstić information content (AvgIpc) is 2.86. The molecule has 0 aromatic carbocycles. The van der Waals surface area contributed by atoms with E-state index in [4.69, 9.17) is 4.74 Å². The van der Waals surface area contributed by atoms with Crippen LogP contribution >= 0.6 is 0 Å². The number of carbonyl (C=O) groups excluding carboxylic acids is 1. The largest absolute Gasteiger partial charge is 0.368 e. The maximum absolute atomic E-state index is 12.3. The van der Waals surface area contributed by atoms with Crippen LogP contribution in [0.4, 0.5) is 0 Å². The number of ether oxygens (including phenoxy) is 1. The minimum Gasteiger partial charge on any atom is -0.368 e. The highest BCUT2D eigenvalue weighted by molar-refractivity contribution is 5.81. The molecule has 0 aromatic heterocycles. The number of piperidine rings is 1. The van der Waals surface area contributed by atoms with Crippen LogP contribution in [0.25, 0.3) is 0 Å². The van der Waals surface area contributed by atoms with Crippen LogP contribution in [0, 0.1) is 5.92 Å². The van der Waals surface area contributed by atoms with E-state index in [1.807, 2.05) is 4.90 Å². The molecule has 3 saturated heterocycles. The maximum Gasteiger partial charge on any atom is 0.251 e. The normalized spacial score (nSPS) is 37.9. The van der Waals surface area contributed by atoms with Gasteiger partial charge >= 0.3 is 0 Å². The van der Waals surface area contributed by atoms with E-state index in [0.29, 0.717) is 12.0 Å². The van der Waals surface area contributed by atoms with E-state index in [1.54, 1.807) is 0 Å². The van der Waals surface area contributed by atoms with Gasteiger partial charge in [-0.15, -0.1) is 0 Å². The Bertz CT molecular complexity index is 289. The van der Waals surface area contributed by atoms with E-state index in [1.165, 1.54) is 6.42 Å². The van der Waals surface area contributed by atoms with Crippen molar-refractivity contribution < 1.29 is 9.53 Å². The molecule has 3 aliphatic heterocycles. The van der Waals surface area contributed by atoms with Crippen molar-refractivity contribution in [2.75, 3.05) is 26.2 Å². The molecule has 3 unspecified atom stereocenters. The van der Waals surface area contributed by atoms with Crippen molar-refractivity contribution in [3.8, 4) is 0 Å². The van der Waals surface area contributed by atoms with Gasteiger partial charge in [0, 0.05) is 25.7 Å². The Balaban J connectivity index is 1.58. The number of rotatable bonds is 1. The van der Waals surface area contributed by atoms with Gasteiger partial charge in [-0.25, -0.2) is 0 Å². The summed E-state index contributed by atoms with van der Waals surface area (Å²) in [6.07, 6.45) is 5.36. The number of carbonyl (C=O) groups is 1. The summed E-state index contributed by atoms with van der Waals surface area (Å²) in [5.41, 5.74) is 0. The monoisotopic (exact) mass is 238 g/mol. The Morgan fingerprint density at radius 1 is 1.24 bits per heavy atom. The fourth-order valence-electron chi connectivity index (χ4n) is 3.39. The summed E-state index contributed by atoms with van der Waals surface area (Å²) in [6, 6.07) is 0.659. The van der Waals surface area contributed by atoms with Crippen LogP contribution in [0.5, 0.6) is 0 Å². The van der Waals surface area contributed by atoms with E-state index >= 15 is 0 Å². The zero-order chi connectivity index (χ0) is 11.7. The fraction of sp³-hybridized carbons (Fsp3) is 0.923. The van der Waals surface area contributed by atoms with Gasteiger partial charge in [0.1, 0.15) is 6.10 Å². The Kier molecular flexibility index (Phi) is 3.34. The second-order valence-electron chi connectivity index (χ2n) is 5.54. The number of likely N-dealkylation sites (tertiary alicyclic amines) is 1. The summed E-state index contributed by atoms with van der Waals surface area (Å²) in [5.74, 6) is 0.923. The second-order valence-corrected chi connectivity index (χ2v) is 5.54. The zero-order valence-electron chi connectivity index (χ0n) is 10.4. The van der Waals surface area contributed by atoms with E-state index in [9.17, 15) is 4.79 Å². The van der Waals surface area contributed by atoms with Gasteiger partial charge in [0.15, 0.2) is 0 Å². The Hall–Kier alpha value is -0.610. The van der Waals surface area contributed by atoms with Gasteiger partial charge in [0.25, 0.3) is 5.91 Å². The summed E-state index contributed by atoms with van der Waals surface area (Å²) in [4.78, 5) is 14.4. The number of fused-ring (bicyclic) bond motifs is 1. The predicted molar refractivity (Wildman–Crippen MR) is 64.7 cm³/mol. The molecule has 3 atom stereocenters. The lowest BCUT2D eigenvalue weighted by Gasteiger charge is -2.37. The third kappa shape index (κ3) is 2.33. The number of hydrogen-bond donors (Lipinski definition) is 1. The first-order valence-electron chi connectivity index (χ1n) is 6.98. The van der Waals surface area contributed by atoms with Crippen molar-refractivity contribution in [1.82, 2.24) is 10.2 Å². The third-order valence-corrected chi connectivity index (χ3v) is 4.42. The van der Waals surface area contributed by atoms with Gasteiger partial charge in [0.05, 0.1) is 0 Å². The summed E-state index contributed by atoms with van der Waals surface area (Å²) >= 11 is 0. The number of amides is 1. The molecule has 0 radical (unpaired) electrons. The minimum atomic E-state index is -0.144. The summed E-state index contributed by atoms with van der Waals surface area (Å²) < 4.78 is 5.60. The molecule has 0 bridgehead atoms. The lowest BCUT2D eigenvalue weighted by atomic mass is 9.93. The van der Waals surface area contributed by atoms with Crippen molar-refractivity contribution in [3.05, 3.63) is 0 Å². The molecular weight excluding hydrogens is 216 g/mol. The van der Waals surface area contributed by atoms with Gasteiger partial charge in [-0.1, -0.05) is 0 Å². The first-order valence-corrected chi connectivity index (χ1v) is 6.98. The third-order valence-electron chi connectivity index (χ3n) is 4.42. The van der Waals surface area contributed by atoms with E-state index in [2.05, 4.69) is 5.32 Å². The molecule has 0 saturated carbocycles. The molecule has 1 N–H and O–H groups in total. The van der Waals surface area contributed by atoms with Crippen LogP contribution in [-0.4, -0.2) is 49.2 Å². The topological polar surface area (TPSA) is 41.6 Å². The van der Waals surface area contributed by atoms with Crippen LogP contribution in [0.2, 0.25) is 0 Å². The molecule has 4 nitrogen and oxygen atoms in total. The van der Waals surface area contributed by atoms with Gasteiger partial charge < -0.3 is 15.0 Å². The molecule has 0 spiro atoms. The first kappa shape index (κ1) is 11.5. The lowest BCUT2D eigenvalue weighted by molar-refractivity contribution is -0.148. The highest BCUT2D eigenvalue weighted by atomic mass is 16.5. The standard InChI is InChI=1S/C13H22N2O2/c16-13(12-3-1-2-8-17-12)15-7-5-11-10(9-15)4-6-14-11/h10-12,14H,1-9H2. The van der Waals surface area contributed by atoms with Crippen LogP contribution in [0.15, 0.2) is 0 Å². The highest BCUT2D eigenvalue weighted by Crippen LogP contribution is 2.26. The van der Waals surface area contributed by atoms with Crippen molar-refractivity contribution >= 4 is 5.91 Å². The van der Waals surface area contributed by atoms with Gasteiger partial charge in [0.2, 0.25) is 0 Å². The van der Waals surface area contributed by atoms with Gasteiger partial charge in [-0.2, -0.15) is 0 Å². The molecule has 3 aliphatic rings. The first-order chi connectivity index (χ1) is 8.34. The summed E-state index contributed by atoms with van der Waals surface area (Å²) in [6.45, 7) is 3.73. The van der Waals surface area contributed by atoms with Crippen LogP contribution in [0.3, 0.4) is 0 Å². The molecule has 3 fully saturated rings. The minimum absolute atomic E-state index is 0.144.